The summed E-state index contributed by atoms with van der Waals surface area (Å²) in [5, 5.41) is 0.540. The van der Waals surface area contributed by atoms with E-state index < -0.39 is 17.0 Å². The first-order valence-corrected chi connectivity index (χ1v) is 9.86. The van der Waals surface area contributed by atoms with Crippen molar-refractivity contribution in [2.75, 3.05) is 6.61 Å². The Labute approximate surface area is 168 Å². The number of carbonyl (C=O) groups excluding carboxylic acids is 2. The normalized spacial score (nSPS) is 24.7. The van der Waals surface area contributed by atoms with Crippen LogP contribution in [0, 0.1) is 16.7 Å². The number of rotatable bonds is 4. The van der Waals surface area contributed by atoms with Crippen LogP contribution < -0.4 is 10.4 Å². The maximum Gasteiger partial charge on any atom is 0.351 e. The van der Waals surface area contributed by atoms with Gasteiger partial charge in [-0.25, -0.2) is 9.59 Å². The fraction of sp³-hybridized carbons (Fsp3) is 0.435. The molecule has 0 aliphatic heterocycles. The molecule has 1 aromatic heterocycles. The lowest BCUT2D eigenvalue weighted by atomic mass is 9.68. The summed E-state index contributed by atoms with van der Waals surface area (Å²) in [6.45, 7) is 10.3. The quantitative estimate of drug-likeness (QED) is 0.332. The molecule has 0 spiro atoms. The van der Waals surface area contributed by atoms with Crippen LogP contribution in [0.15, 0.2) is 45.6 Å². The van der Waals surface area contributed by atoms with Crippen LogP contribution in [0.5, 0.6) is 5.75 Å². The van der Waals surface area contributed by atoms with Crippen LogP contribution >= 0.6 is 0 Å². The van der Waals surface area contributed by atoms with Gasteiger partial charge in [-0.2, -0.15) is 0 Å². The zero-order chi connectivity index (χ0) is 21.0. The van der Waals surface area contributed by atoms with Crippen molar-refractivity contribution < 1.29 is 23.5 Å². The average molecular weight is 396 g/mol. The number of hydrogen-bond acceptors (Lipinski definition) is 6. The second kappa shape index (κ2) is 6.58. The lowest BCUT2D eigenvalue weighted by Crippen LogP contribution is -2.36. The number of esters is 2. The number of ether oxygens (including phenoxy) is 2. The van der Waals surface area contributed by atoms with E-state index in [1.54, 1.807) is 19.1 Å². The van der Waals surface area contributed by atoms with Crippen LogP contribution in [0.1, 0.15) is 50.4 Å². The van der Waals surface area contributed by atoms with E-state index >= 15 is 0 Å². The van der Waals surface area contributed by atoms with Gasteiger partial charge >= 0.3 is 17.6 Å². The molecular weight excluding hydrogens is 372 g/mol. The minimum atomic E-state index is -0.789. The molecule has 2 aliphatic rings. The standard InChI is InChI=1S/C23H24O6/c1-5-27-19(24)17-10-14-6-7-16(11-18(14)29-20(17)25)28-21(26)23-9-8-15(12-23)22(3,4)13(23)2/h6-7,10-11,15H,2,5,8-9,12H2,1,3-4H3. The highest BCUT2D eigenvalue weighted by Crippen LogP contribution is 2.65. The zero-order valence-corrected chi connectivity index (χ0v) is 16.9. The van der Waals surface area contributed by atoms with Gasteiger partial charge in [0.25, 0.3) is 0 Å². The third-order valence-corrected chi connectivity index (χ3v) is 6.69. The van der Waals surface area contributed by atoms with Crippen LogP contribution in [-0.2, 0) is 9.53 Å². The third-order valence-electron chi connectivity index (χ3n) is 6.69. The summed E-state index contributed by atoms with van der Waals surface area (Å²) in [5.74, 6) is -0.292. The van der Waals surface area contributed by atoms with Gasteiger partial charge in [-0.05, 0) is 55.7 Å². The summed E-state index contributed by atoms with van der Waals surface area (Å²) in [6.07, 6.45) is 2.51. The Balaban J connectivity index is 1.62. The number of carbonyl (C=O) groups is 2. The van der Waals surface area contributed by atoms with Gasteiger partial charge in [0, 0.05) is 11.5 Å². The molecule has 4 rings (SSSR count). The highest BCUT2D eigenvalue weighted by molar-refractivity contribution is 5.93. The van der Waals surface area contributed by atoms with E-state index in [4.69, 9.17) is 13.9 Å². The number of benzene rings is 1. The van der Waals surface area contributed by atoms with E-state index in [9.17, 15) is 14.4 Å². The molecular formula is C23H24O6. The molecule has 29 heavy (non-hydrogen) atoms. The van der Waals surface area contributed by atoms with Gasteiger partial charge < -0.3 is 13.9 Å². The van der Waals surface area contributed by atoms with Crippen molar-refractivity contribution in [3.05, 3.63) is 52.4 Å². The Morgan fingerprint density at radius 2 is 2.03 bits per heavy atom. The van der Waals surface area contributed by atoms with Gasteiger partial charge in [0.2, 0.25) is 0 Å². The maximum atomic E-state index is 13.1. The third kappa shape index (κ3) is 2.89. The summed E-state index contributed by atoms with van der Waals surface area (Å²) in [6, 6.07) is 6.19. The number of fused-ring (bicyclic) bond motifs is 3. The van der Waals surface area contributed by atoms with E-state index in [0.717, 1.165) is 24.8 Å². The van der Waals surface area contributed by atoms with Crippen LogP contribution in [0.4, 0.5) is 0 Å². The molecule has 2 bridgehead atoms. The molecule has 152 valence electrons. The summed E-state index contributed by atoms with van der Waals surface area (Å²) in [5.41, 5.74) is -0.486. The van der Waals surface area contributed by atoms with E-state index in [1.807, 2.05) is 0 Å². The Morgan fingerprint density at radius 3 is 2.69 bits per heavy atom. The van der Waals surface area contributed by atoms with Crippen molar-refractivity contribution in [3.8, 4) is 5.75 Å². The van der Waals surface area contributed by atoms with Gasteiger partial charge in [-0.15, -0.1) is 0 Å². The summed E-state index contributed by atoms with van der Waals surface area (Å²) in [7, 11) is 0. The highest BCUT2D eigenvalue weighted by Gasteiger charge is 2.61. The molecule has 0 amide bonds. The minimum absolute atomic E-state index is 0.0725. The fourth-order valence-electron chi connectivity index (χ4n) is 4.82. The fourth-order valence-corrected chi connectivity index (χ4v) is 4.82. The predicted octanol–water partition coefficient (Wildman–Crippen LogP) is 4.26. The summed E-state index contributed by atoms with van der Waals surface area (Å²) in [4.78, 5) is 37.1. The molecule has 2 aliphatic carbocycles. The van der Waals surface area contributed by atoms with Crippen molar-refractivity contribution in [1.82, 2.24) is 0 Å². The van der Waals surface area contributed by atoms with Crippen molar-refractivity contribution >= 4 is 22.9 Å². The first-order chi connectivity index (χ1) is 13.7. The summed E-state index contributed by atoms with van der Waals surface area (Å²) < 4.78 is 15.8. The van der Waals surface area contributed by atoms with Crippen LogP contribution in [-0.4, -0.2) is 18.5 Å². The molecule has 2 saturated carbocycles. The Morgan fingerprint density at radius 1 is 1.28 bits per heavy atom. The number of hydrogen-bond donors (Lipinski definition) is 0. The predicted molar refractivity (Wildman–Crippen MR) is 107 cm³/mol. The van der Waals surface area contributed by atoms with E-state index in [1.165, 1.54) is 12.1 Å². The molecule has 2 fully saturated rings. The minimum Gasteiger partial charge on any atom is -0.462 e. The molecule has 0 saturated heterocycles. The molecule has 1 aromatic carbocycles. The first-order valence-electron chi connectivity index (χ1n) is 9.86. The van der Waals surface area contributed by atoms with Gasteiger partial charge in [-0.3, -0.25) is 4.79 Å². The molecule has 2 unspecified atom stereocenters. The lowest BCUT2D eigenvalue weighted by Gasteiger charge is -2.36. The van der Waals surface area contributed by atoms with Crippen LogP contribution in [0.25, 0.3) is 11.0 Å². The van der Waals surface area contributed by atoms with Crippen LogP contribution in [0.3, 0.4) is 0 Å². The second-order valence-electron chi connectivity index (χ2n) is 8.48. The van der Waals surface area contributed by atoms with Crippen molar-refractivity contribution in [1.29, 1.82) is 0 Å². The van der Waals surface area contributed by atoms with E-state index in [0.29, 0.717) is 17.1 Å². The van der Waals surface area contributed by atoms with Gasteiger partial charge in [0.05, 0.1) is 12.0 Å². The Kier molecular flexibility index (Phi) is 4.41. The zero-order valence-electron chi connectivity index (χ0n) is 16.9. The van der Waals surface area contributed by atoms with Crippen molar-refractivity contribution in [3.63, 3.8) is 0 Å². The average Bonchev–Trinajstić information content (AvgIpc) is 3.20. The Hall–Kier alpha value is -2.89. The van der Waals surface area contributed by atoms with Crippen molar-refractivity contribution in [2.24, 2.45) is 16.7 Å². The molecule has 0 N–H and O–H groups in total. The SMILES string of the molecule is C=C1C2(C(=O)Oc3ccc4cc(C(=O)OCC)c(=O)oc4c3)CCC(C2)C1(C)C. The topological polar surface area (TPSA) is 82.8 Å². The van der Waals surface area contributed by atoms with Crippen LogP contribution in [0.2, 0.25) is 0 Å². The largest absolute Gasteiger partial charge is 0.462 e. The molecule has 1 heterocycles. The summed E-state index contributed by atoms with van der Waals surface area (Å²) >= 11 is 0. The molecule has 2 aromatic rings. The molecule has 0 radical (unpaired) electrons. The maximum absolute atomic E-state index is 13.1. The van der Waals surface area contributed by atoms with Gasteiger partial charge in [-0.1, -0.05) is 26.0 Å². The first kappa shape index (κ1) is 19.4. The Bertz CT molecular complexity index is 1090. The van der Waals surface area contributed by atoms with Gasteiger partial charge in [0.15, 0.2) is 0 Å². The van der Waals surface area contributed by atoms with E-state index in [-0.39, 0.29) is 29.1 Å². The van der Waals surface area contributed by atoms with Gasteiger partial charge in [0.1, 0.15) is 16.9 Å². The second-order valence-corrected chi connectivity index (χ2v) is 8.48. The smallest absolute Gasteiger partial charge is 0.351 e. The monoisotopic (exact) mass is 396 g/mol. The van der Waals surface area contributed by atoms with Crippen molar-refractivity contribution in [2.45, 2.75) is 40.0 Å². The highest BCUT2D eigenvalue weighted by atomic mass is 16.5. The van der Waals surface area contributed by atoms with E-state index in [2.05, 4.69) is 20.4 Å². The molecule has 2 atom stereocenters. The molecule has 6 heteroatoms. The lowest BCUT2D eigenvalue weighted by molar-refractivity contribution is -0.143. The molecule has 6 nitrogen and oxygen atoms in total.